The van der Waals surface area contributed by atoms with E-state index in [2.05, 4.69) is 32.9 Å². The van der Waals surface area contributed by atoms with Crippen LogP contribution in [0.1, 0.15) is 432 Å². The summed E-state index contributed by atoms with van der Waals surface area (Å²) >= 11 is 0. The standard InChI is InChI=1S/C75H144O6/c1-4-7-10-13-16-19-22-25-27-29-31-33-34-35-36-37-38-39-40-41-42-43-45-46-48-50-53-56-59-62-65-68-74(77)80-71-72(70-79-73(76)67-64-61-58-55-52-24-21-18-15-12-9-6-3)81-75(78)69-66-63-60-57-54-51-49-47-44-32-30-28-26-23-20-17-14-11-8-5-2/h29,31,72H,4-28,30,32-71H2,1-3H3/b31-29-. The van der Waals surface area contributed by atoms with Crippen LogP contribution in [-0.2, 0) is 28.6 Å². The lowest BCUT2D eigenvalue weighted by atomic mass is 10.0. The average molecular weight is 1140 g/mol. The van der Waals surface area contributed by atoms with Gasteiger partial charge in [0, 0.05) is 19.3 Å². The van der Waals surface area contributed by atoms with Gasteiger partial charge in [0.1, 0.15) is 13.2 Å². The Hall–Kier alpha value is -1.85. The molecule has 1 unspecified atom stereocenters. The fourth-order valence-corrected chi connectivity index (χ4v) is 11.7. The highest BCUT2D eigenvalue weighted by atomic mass is 16.6. The van der Waals surface area contributed by atoms with Crippen LogP contribution in [0.4, 0.5) is 0 Å². The Labute approximate surface area is 507 Å². The minimum absolute atomic E-state index is 0.0617. The summed E-state index contributed by atoms with van der Waals surface area (Å²) in [7, 11) is 0. The highest BCUT2D eigenvalue weighted by Gasteiger charge is 2.20. The van der Waals surface area contributed by atoms with Crippen molar-refractivity contribution in [3.05, 3.63) is 12.2 Å². The van der Waals surface area contributed by atoms with Crippen LogP contribution in [-0.4, -0.2) is 37.2 Å². The molecule has 0 aromatic heterocycles. The molecular formula is C75H144O6. The van der Waals surface area contributed by atoms with Gasteiger partial charge in [-0.15, -0.1) is 0 Å². The van der Waals surface area contributed by atoms with Crippen molar-refractivity contribution in [1.82, 2.24) is 0 Å². The maximum Gasteiger partial charge on any atom is 0.306 e. The first-order valence-corrected chi connectivity index (χ1v) is 37.2. The van der Waals surface area contributed by atoms with Gasteiger partial charge >= 0.3 is 17.9 Å². The van der Waals surface area contributed by atoms with Gasteiger partial charge in [0.2, 0.25) is 0 Å². The summed E-state index contributed by atoms with van der Waals surface area (Å²) in [6.07, 6.45) is 85.5. The highest BCUT2D eigenvalue weighted by Crippen LogP contribution is 2.19. The Morgan fingerprint density at radius 1 is 0.235 bits per heavy atom. The number of carbonyl (C=O) groups excluding carboxylic acids is 3. The zero-order valence-electron chi connectivity index (χ0n) is 55.4. The molecule has 0 heterocycles. The number of esters is 3. The van der Waals surface area contributed by atoms with Crippen LogP contribution in [0.15, 0.2) is 12.2 Å². The molecule has 0 aliphatic carbocycles. The van der Waals surface area contributed by atoms with E-state index in [1.807, 2.05) is 0 Å². The fourth-order valence-electron chi connectivity index (χ4n) is 11.7. The maximum absolute atomic E-state index is 12.9. The van der Waals surface area contributed by atoms with Gasteiger partial charge < -0.3 is 14.2 Å². The van der Waals surface area contributed by atoms with Crippen molar-refractivity contribution in [3.8, 4) is 0 Å². The molecule has 6 heteroatoms. The van der Waals surface area contributed by atoms with E-state index in [-0.39, 0.29) is 31.1 Å². The van der Waals surface area contributed by atoms with Crippen molar-refractivity contribution in [1.29, 1.82) is 0 Å². The molecule has 0 aliphatic heterocycles. The van der Waals surface area contributed by atoms with Crippen LogP contribution in [0.25, 0.3) is 0 Å². The minimum Gasteiger partial charge on any atom is -0.462 e. The first-order valence-electron chi connectivity index (χ1n) is 37.2. The van der Waals surface area contributed by atoms with Gasteiger partial charge in [0.15, 0.2) is 6.10 Å². The van der Waals surface area contributed by atoms with Crippen LogP contribution in [0.5, 0.6) is 0 Å². The van der Waals surface area contributed by atoms with Crippen LogP contribution in [0.3, 0.4) is 0 Å². The molecule has 81 heavy (non-hydrogen) atoms. The van der Waals surface area contributed by atoms with E-state index < -0.39 is 6.10 Å². The maximum atomic E-state index is 12.9. The number of carbonyl (C=O) groups is 3. The van der Waals surface area contributed by atoms with E-state index in [4.69, 9.17) is 14.2 Å². The Balaban J connectivity index is 4.10. The molecule has 0 aliphatic rings. The summed E-state index contributed by atoms with van der Waals surface area (Å²) in [5.41, 5.74) is 0. The van der Waals surface area contributed by atoms with Crippen molar-refractivity contribution in [2.75, 3.05) is 13.2 Å². The van der Waals surface area contributed by atoms with Crippen LogP contribution in [0.2, 0.25) is 0 Å². The number of unbranched alkanes of at least 4 members (excludes halogenated alkanes) is 57. The summed E-state index contributed by atoms with van der Waals surface area (Å²) in [4.78, 5) is 38.4. The molecular weight excluding hydrogens is 997 g/mol. The van der Waals surface area contributed by atoms with Crippen molar-refractivity contribution in [3.63, 3.8) is 0 Å². The van der Waals surface area contributed by atoms with Crippen molar-refractivity contribution >= 4 is 17.9 Å². The first kappa shape index (κ1) is 79.2. The lowest BCUT2D eigenvalue weighted by Gasteiger charge is -2.18. The second-order valence-corrected chi connectivity index (χ2v) is 25.6. The van der Waals surface area contributed by atoms with E-state index >= 15 is 0 Å². The highest BCUT2D eigenvalue weighted by molar-refractivity contribution is 5.71. The Bertz CT molecular complexity index is 1260. The topological polar surface area (TPSA) is 78.9 Å². The number of rotatable bonds is 70. The van der Waals surface area contributed by atoms with Crippen LogP contribution >= 0.6 is 0 Å². The molecule has 0 spiro atoms. The second-order valence-electron chi connectivity index (χ2n) is 25.6. The molecule has 480 valence electrons. The Kier molecular flexibility index (Phi) is 69.0. The molecule has 0 saturated heterocycles. The largest absolute Gasteiger partial charge is 0.462 e. The summed E-state index contributed by atoms with van der Waals surface area (Å²) in [5.74, 6) is -0.824. The van der Waals surface area contributed by atoms with Crippen LogP contribution < -0.4 is 0 Å². The number of hydrogen-bond acceptors (Lipinski definition) is 6. The smallest absolute Gasteiger partial charge is 0.306 e. The summed E-state index contributed by atoms with van der Waals surface area (Å²) in [6.45, 7) is 6.73. The lowest BCUT2D eigenvalue weighted by Crippen LogP contribution is -2.30. The van der Waals surface area contributed by atoms with E-state index in [9.17, 15) is 14.4 Å². The number of hydrogen-bond donors (Lipinski definition) is 0. The summed E-state index contributed by atoms with van der Waals surface area (Å²) < 4.78 is 17.0. The van der Waals surface area contributed by atoms with Crippen molar-refractivity contribution in [2.24, 2.45) is 0 Å². The molecule has 0 N–H and O–H groups in total. The molecule has 0 fully saturated rings. The predicted octanol–water partition coefficient (Wildman–Crippen LogP) is 25.6. The molecule has 0 rings (SSSR count). The summed E-state index contributed by atoms with van der Waals surface area (Å²) in [6, 6.07) is 0. The van der Waals surface area contributed by atoms with Crippen molar-refractivity contribution in [2.45, 2.75) is 438 Å². The Morgan fingerprint density at radius 2 is 0.407 bits per heavy atom. The minimum atomic E-state index is -0.765. The molecule has 6 nitrogen and oxygen atoms in total. The van der Waals surface area contributed by atoms with Gasteiger partial charge in [0.25, 0.3) is 0 Å². The van der Waals surface area contributed by atoms with Gasteiger partial charge in [-0.2, -0.15) is 0 Å². The van der Waals surface area contributed by atoms with Gasteiger partial charge in [-0.3, -0.25) is 14.4 Å². The number of allylic oxidation sites excluding steroid dienone is 2. The normalized spacial score (nSPS) is 12.0. The Morgan fingerprint density at radius 3 is 0.617 bits per heavy atom. The SMILES string of the molecule is CCCCCCCCCC/C=C\CCCCCCCCCCCCCCCCCCCCCC(=O)OCC(COC(=O)CCCCCCCCCCCCCC)OC(=O)CCCCCCCCCCCCCCCCCCCCCC. The van der Waals surface area contributed by atoms with Gasteiger partial charge in [-0.25, -0.2) is 0 Å². The molecule has 0 bridgehead atoms. The zero-order chi connectivity index (χ0) is 58.5. The van der Waals surface area contributed by atoms with Gasteiger partial charge in [-0.05, 0) is 44.9 Å². The second kappa shape index (κ2) is 70.6. The van der Waals surface area contributed by atoms with E-state index in [0.29, 0.717) is 19.3 Å². The monoisotopic (exact) mass is 1140 g/mol. The average Bonchev–Trinajstić information content (AvgIpc) is 3.47. The lowest BCUT2D eigenvalue weighted by molar-refractivity contribution is -0.167. The predicted molar refractivity (Wildman–Crippen MR) is 353 cm³/mol. The molecule has 0 aromatic rings. The zero-order valence-corrected chi connectivity index (χ0v) is 55.4. The molecule has 0 radical (unpaired) electrons. The van der Waals surface area contributed by atoms with Crippen molar-refractivity contribution < 1.29 is 28.6 Å². The number of ether oxygens (including phenoxy) is 3. The molecule has 0 aromatic carbocycles. The third-order valence-corrected chi connectivity index (χ3v) is 17.3. The van der Waals surface area contributed by atoms with E-state index in [1.165, 1.54) is 334 Å². The third kappa shape index (κ3) is 68.8. The van der Waals surface area contributed by atoms with E-state index in [0.717, 1.165) is 57.8 Å². The van der Waals surface area contributed by atoms with Gasteiger partial charge in [0.05, 0.1) is 0 Å². The third-order valence-electron chi connectivity index (χ3n) is 17.3. The molecule has 1 atom stereocenters. The van der Waals surface area contributed by atoms with Gasteiger partial charge in [-0.1, -0.05) is 380 Å². The molecule has 0 amide bonds. The van der Waals surface area contributed by atoms with E-state index in [1.54, 1.807) is 0 Å². The quantitative estimate of drug-likeness (QED) is 0.0261. The van der Waals surface area contributed by atoms with Crippen LogP contribution in [0, 0.1) is 0 Å². The molecule has 0 saturated carbocycles. The fraction of sp³-hybridized carbons (Fsp3) is 0.933. The first-order chi connectivity index (χ1) is 40.0. The summed E-state index contributed by atoms with van der Waals surface area (Å²) in [5, 5.41) is 0.